The molecule has 0 spiro atoms. The van der Waals surface area contributed by atoms with Crippen LogP contribution < -0.4 is 11.5 Å². The first-order valence-electron chi connectivity index (χ1n) is 4.76. The second kappa shape index (κ2) is 5.09. The van der Waals surface area contributed by atoms with E-state index in [0.29, 0.717) is 16.3 Å². The van der Waals surface area contributed by atoms with Crippen LogP contribution in [0.2, 0.25) is 5.02 Å². The summed E-state index contributed by atoms with van der Waals surface area (Å²) < 4.78 is 0. The molecule has 0 aliphatic carbocycles. The van der Waals surface area contributed by atoms with Crippen molar-refractivity contribution in [3.8, 4) is 0 Å². The quantitative estimate of drug-likeness (QED) is 0.616. The molecular weight excluding hydrogens is 228 g/mol. The van der Waals surface area contributed by atoms with Crippen LogP contribution in [0.15, 0.2) is 18.2 Å². The summed E-state index contributed by atoms with van der Waals surface area (Å²) in [6, 6.07) is 3.83. The van der Waals surface area contributed by atoms with Gasteiger partial charge in [-0.05, 0) is 25.1 Å². The molecular formula is C11H13ClN2O2. The zero-order chi connectivity index (χ0) is 12.3. The molecule has 0 aliphatic heterocycles. The van der Waals surface area contributed by atoms with E-state index in [-0.39, 0.29) is 18.0 Å². The fraction of sp³-hybridized carbons (Fsp3) is 0.273. The number of hydrogen-bond donors (Lipinski definition) is 2. The van der Waals surface area contributed by atoms with E-state index < -0.39 is 6.04 Å². The third-order valence-electron chi connectivity index (χ3n) is 2.24. The molecule has 0 bridgehead atoms. The lowest BCUT2D eigenvalue weighted by molar-refractivity contribution is -0.118. The zero-order valence-electron chi connectivity index (χ0n) is 8.87. The molecule has 0 saturated heterocycles. The van der Waals surface area contributed by atoms with Crippen molar-refractivity contribution in [1.82, 2.24) is 0 Å². The van der Waals surface area contributed by atoms with Crippen LogP contribution in [-0.2, 0) is 4.79 Å². The SMILES string of the molecule is CC(=O)C(N)CC(=O)c1ccc(Cl)cc1N. The summed E-state index contributed by atoms with van der Waals surface area (Å²) in [6.07, 6.45) is -0.0405. The van der Waals surface area contributed by atoms with E-state index in [2.05, 4.69) is 0 Å². The molecule has 0 heterocycles. The summed E-state index contributed by atoms with van der Waals surface area (Å²) in [4.78, 5) is 22.7. The molecule has 16 heavy (non-hydrogen) atoms. The number of nitrogen functional groups attached to an aromatic ring is 1. The first-order valence-corrected chi connectivity index (χ1v) is 5.14. The summed E-state index contributed by atoms with van der Waals surface area (Å²) in [5.41, 5.74) is 11.8. The molecule has 0 fully saturated rings. The second-order valence-corrected chi connectivity index (χ2v) is 4.01. The van der Waals surface area contributed by atoms with Crippen molar-refractivity contribution < 1.29 is 9.59 Å². The first-order chi connectivity index (χ1) is 7.41. The van der Waals surface area contributed by atoms with Crippen LogP contribution >= 0.6 is 11.6 Å². The number of benzene rings is 1. The first kappa shape index (κ1) is 12.7. The number of Topliss-reactive ketones (excluding diaryl/α,β-unsaturated/α-hetero) is 2. The summed E-state index contributed by atoms with van der Waals surface area (Å²) in [7, 11) is 0. The van der Waals surface area contributed by atoms with E-state index in [1.54, 1.807) is 6.07 Å². The lowest BCUT2D eigenvalue weighted by Gasteiger charge is -2.08. The van der Waals surface area contributed by atoms with Gasteiger partial charge in [-0.1, -0.05) is 11.6 Å². The Morgan fingerprint density at radius 1 is 1.44 bits per heavy atom. The Morgan fingerprint density at radius 2 is 2.06 bits per heavy atom. The Morgan fingerprint density at radius 3 is 2.56 bits per heavy atom. The van der Waals surface area contributed by atoms with E-state index >= 15 is 0 Å². The monoisotopic (exact) mass is 240 g/mol. The minimum absolute atomic E-state index is 0.0405. The van der Waals surface area contributed by atoms with Gasteiger partial charge < -0.3 is 11.5 Å². The van der Waals surface area contributed by atoms with E-state index in [1.807, 2.05) is 0 Å². The standard InChI is InChI=1S/C11H13ClN2O2/c1-6(15)9(13)5-11(16)8-3-2-7(12)4-10(8)14/h2-4,9H,5,13-14H2,1H3. The molecule has 0 saturated carbocycles. The van der Waals surface area contributed by atoms with E-state index in [0.717, 1.165) is 0 Å². The Kier molecular flexibility index (Phi) is 4.04. The molecule has 4 N–H and O–H groups in total. The van der Waals surface area contributed by atoms with Crippen LogP contribution in [0, 0.1) is 0 Å². The van der Waals surface area contributed by atoms with Crippen LogP contribution in [0.5, 0.6) is 0 Å². The lowest BCUT2D eigenvalue weighted by atomic mass is 10.0. The molecule has 0 aliphatic rings. The van der Waals surface area contributed by atoms with Crippen molar-refractivity contribution in [3.63, 3.8) is 0 Å². The molecule has 0 amide bonds. The smallest absolute Gasteiger partial charge is 0.166 e. The molecule has 1 aromatic carbocycles. The number of anilines is 1. The van der Waals surface area contributed by atoms with Crippen LogP contribution in [0.25, 0.3) is 0 Å². The molecule has 86 valence electrons. The number of hydrogen-bond acceptors (Lipinski definition) is 4. The van der Waals surface area contributed by atoms with Gasteiger partial charge in [0, 0.05) is 22.7 Å². The van der Waals surface area contributed by atoms with Crippen LogP contribution in [0.4, 0.5) is 5.69 Å². The van der Waals surface area contributed by atoms with Gasteiger partial charge >= 0.3 is 0 Å². The third kappa shape index (κ3) is 3.05. The minimum Gasteiger partial charge on any atom is -0.398 e. The maximum Gasteiger partial charge on any atom is 0.166 e. The molecule has 1 aromatic rings. The maximum atomic E-state index is 11.7. The number of ketones is 2. The van der Waals surface area contributed by atoms with E-state index in [1.165, 1.54) is 19.1 Å². The molecule has 5 heteroatoms. The molecule has 1 rings (SSSR count). The number of nitrogens with two attached hydrogens (primary N) is 2. The van der Waals surface area contributed by atoms with Crippen LogP contribution in [0.1, 0.15) is 23.7 Å². The predicted molar refractivity (Wildman–Crippen MR) is 63.5 cm³/mol. The number of carbonyl (C=O) groups is 2. The van der Waals surface area contributed by atoms with E-state index in [9.17, 15) is 9.59 Å². The van der Waals surface area contributed by atoms with Crippen molar-refractivity contribution in [2.45, 2.75) is 19.4 Å². The van der Waals surface area contributed by atoms with Crippen LogP contribution in [0.3, 0.4) is 0 Å². The molecule has 1 unspecified atom stereocenters. The van der Waals surface area contributed by atoms with Gasteiger partial charge in [-0.3, -0.25) is 9.59 Å². The topological polar surface area (TPSA) is 86.2 Å². The third-order valence-corrected chi connectivity index (χ3v) is 2.48. The Bertz CT molecular complexity index is 432. The fourth-order valence-corrected chi connectivity index (χ4v) is 1.42. The fourth-order valence-electron chi connectivity index (χ4n) is 1.24. The minimum atomic E-state index is -0.775. The Hall–Kier alpha value is -1.39. The lowest BCUT2D eigenvalue weighted by Crippen LogP contribution is -2.31. The van der Waals surface area contributed by atoms with Crippen molar-refractivity contribution in [2.24, 2.45) is 5.73 Å². The molecule has 4 nitrogen and oxygen atoms in total. The van der Waals surface area contributed by atoms with Crippen molar-refractivity contribution in [1.29, 1.82) is 0 Å². The number of rotatable bonds is 4. The van der Waals surface area contributed by atoms with Gasteiger partial charge in [0.2, 0.25) is 0 Å². The molecule has 1 atom stereocenters. The van der Waals surface area contributed by atoms with E-state index in [4.69, 9.17) is 23.1 Å². The van der Waals surface area contributed by atoms with Crippen molar-refractivity contribution in [3.05, 3.63) is 28.8 Å². The average molecular weight is 241 g/mol. The predicted octanol–water partition coefficient (Wildman–Crippen LogP) is 1.41. The second-order valence-electron chi connectivity index (χ2n) is 3.58. The zero-order valence-corrected chi connectivity index (χ0v) is 9.62. The number of halogens is 1. The van der Waals surface area contributed by atoms with Gasteiger partial charge in [0.1, 0.15) is 5.78 Å². The largest absolute Gasteiger partial charge is 0.398 e. The highest BCUT2D eigenvalue weighted by Gasteiger charge is 2.16. The highest BCUT2D eigenvalue weighted by Crippen LogP contribution is 2.19. The van der Waals surface area contributed by atoms with Gasteiger partial charge in [0.15, 0.2) is 5.78 Å². The molecule has 0 aromatic heterocycles. The number of carbonyl (C=O) groups excluding carboxylic acids is 2. The molecule has 0 radical (unpaired) electrons. The highest BCUT2D eigenvalue weighted by molar-refractivity contribution is 6.31. The summed E-state index contributed by atoms with van der Waals surface area (Å²) in [5.74, 6) is -0.474. The summed E-state index contributed by atoms with van der Waals surface area (Å²) >= 11 is 5.71. The van der Waals surface area contributed by atoms with Crippen LogP contribution in [-0.4, -0.2) is 17.6 Å². The normalized spacial score (nSPS) is 12.2. The van der Waals surface area contributed by atoms with Gasteiger partial charge in [-0.2, -0.15) is 0 Å². The van der Waals surface area contributed by atoms with Gasteiger partial charge in [-0.15, -0.1) is 0 Å². The Labute approximate surface area is 98.6 Å². The van der Waals surface area contributed by atoms with Gasteiger partial charge in [-0.25, -0.2) is 0 Å². The average Bonchev–Trinajstić information content (AvgIpc) is 2.16. The highest BCUT2D eigenvalue weighted by atomic mass is 35.5. The van der Waals surface area contributed by atoms with Gasteiger partial charge in [0.25, 0.3) is 0 Å². The van der Waals surface area contributed by atoms with Gasteiger partial charge in [0.05, 0.1) is 6.04 Å². The summed E-state index contributed by atoms with van der Waals surface area (Å²) in [6.45, 7) is 1.35. The Balaban J connectivity index is 2.85. The maximum absolute atomic E-state index is 11.7. The van der Waals surface area contributed by atoms with Crippen molar-refractivity contribution >= 4 is 28.9 Å². The summed E-state index contributed by atoms with van der Waals surface area (Å²) in [5, 5.41) is 0.463. The van der Waals surface area contributed by atoms with Crippen molar-refractivity contribution in [2.75, 3.05) is 5.73 Å².